The molecule has 4 unspecified atom stereocenters. The van der Waals surface area contributed by atoms with Crippen LogP contribution in [-0.2, 0) is 9.53 Å². The van der Waals surface area contributed by atoms with Crippen molar-refractivity contribution in [3.8, 4) is 0 Å². The summed E-state index contributed by atoms with van der Waals surface area (Å²) in [6, 6.07) is 0.315. The minimum Gasteiger partial charge on any atom is -0.378 e. The fraction of sp³-hybridized carbons (Fsp3) is 0.933. The predicted octanol–water partition coefficient (Wildman–Crippen LogP) is 1.95. The van der Waals surface area contributed by atoms with Crippen LogP contribution in [0.2, 0.25) is 0 Å². The van der Waals surface area contributed by atoms with Gasteiger partial charge in [-0.2, -0.15) is 0 Å². The lowest BCUT2D eigenvalue weighted by atomic mass is 9.78. The molecule has 3 rings (SSSR count). The summed E-state index contributed by atoms with van der Waals surface area (Å²) in [5, 5.41) is 0. The highest BCUT2D eigenvalue weighted by Gasteiger charge is 2.40. The third kappa shape index (κ3) is 3.46. The molecule has 0 bridgehead atoms. The van der Waals surface area contributed by atoms with Crippen LogP contribution in [-0.4, -0.2) is 42.6 Å². The highest BCUT2D eigenvalue weighted by molar-refractivity contribution is 5.85. The second kappa shape index (κ2) is 7.10. The van der Waals surface area contributed by atoms with Gasteiger partial charge < -0.3 is 15.4 Å². The summed E-state index contributed by atoms with van der Waals surface area (Å²) < 4.78 is 5.59. The van der Waals surface area contributed by atoms with Crippen LogP contribution in [0, 0.1) is 11.8 Å². The molecule has 0 spiro atoms. The van der Waals surface area contributed by atoms with Gasteiger partial charge in [-0.25, -0.2) is 0 Å². The van der Waals surface area contributed by atoms with E-state index in [4.69, 9.17) is 10.5 Å². The number of ether oxygens (including phenoxy) is 1. The van der Waals surface area contributed by atoms with E-state index in [2.05, 4.69) is 4.90 Å². The molecule has 20 heavy (non-hydrogen) atoms. The number of nitrogens with two attached hydrogens (primary N) is 1. The molecule has 2 N–H and O–H groups in total. The Kier molecular flexibility index (Phi) is 5.70. The topological polar surface area (TPSA) is 55.6 Å². The molecule has 2 aliphatic heterocycles. The quantitative estimate of drug-likeness (QED) is 0.867. The third-order valence-corrected chi connectivity index (χ3v) is 5.21. The summed E-state index contributed by atoms with van der Waals surface area (Å²) in [7, 11) is 0. The monoisotopic (exact) mass is 302 g/mol. The second-order valence-electron chi connectivity index (χ2n) is 6.49. The van der Waals surface area contributed by atoms with E-state index < -0.39 is 0 Å². The summed E-state index contributed by atoms with van der Waals surface area (Å²) in [5.74, 6) is 1.54. The Morgan fingerprint density at radius 2 is 2.05 bits per heavy atom. The predicted molar refractivity (Wildman–Crippen MR) is 80.8 cm³/mol. The van der Waals surface area contributed by atoms with Gasteiger partial charge >= 0.3 is 0 Å². The molecule has 5 heteroatoms. The average Bonchev–Trinajstić information content (AvgIpc) is 3.05. The van der Waals surface area contributed by atoms with Crippen LogP contribution < -0.4 is 5.73 Å². The van der Waals surface area contributed by atoms with Crippen molar-refractivity contribution in [2.24, 2.45) is 17.6 Å². The van der Waals surface area contributed by atoms with E-state index in [0.29, 0.717) is 36.3 Å². The normalized spacial score (nSPS) is 36.5. The minimum atomic E-state index is 0. The number of nitrogens with zero attached hydrogens (tertiary/aromatic N) is 1. The van der Waals surface area contributed by atoms with Crippen molar-refractivity contribution in [2.75, 3.05) is 19.7 Å². The number of carbonyl (C=O) groups is 1. The van der Waals surface area contributed by atoms with E-state index in [9.17, 15) is 4.79 Å². The van der Waals surface area contributed by atoms with Crippen molar-refractivity contribution in [1.29, 1.82) is 0 Å². The first kappa shape index (κ1) is 16.1. The van der Waals surface area contributed by atoms with Crippen LogP contribution in [0.3, 0.4) is 0 Å². The van der Waals surface area contributed by atoms with Crippen molar-refractivity contribution in [3.63, 3.8) is 0 Å². The van der Waals surface area contributed by atoms with Crippen molar-refractivity contribution in [1.82, 2.24) is 4.90 Å². The highest BCUT2D eigenvalue weighted by Crippen LogP contribution is 2.35. The zero-order valence-electron chi connectivity index (χ0n) is 12.1. The van der Waals surface area contributed by atoms with Crippen LogP contribution in [0.15, 0.2) is 0 Å². The minimum absolute atomic E-state index is 0. The Hall–Kier alpha value is -0.320. The highest BCUT2D eigenvalue weighted by atomic mass is 35.5. The van der Waals surface area contributed by atoms with Gasteiger partial charge in [0, 0.05) is 32.2 Å². The fourth-order valence-corrected chi connectivity index (χ4v) is 4.03. The molecule has 2 saturated heterocycles. The Labute approximate surface area is 127 Å². The number of carbonyl (C=O) groups excluding carboxylic acids is 1. The molecular weight excluding hydrogens is 276 g/mol. The van der Waals surface area contributed by atoms with E-state index in [-0.39, 0.29) is 12.4 Å². The molecular formula is C15H27ClN2O2. The first-order chi connectivity index (χ1) is 9.24. The molecule has 4 nitrogen and oxygen atoms in total. The molecule has 0 aromatic heterocycles. The van der Waals surface area contributed by atoms with Gasteiger partial charge in [0.15, 0.2) is 0 Å². The molecule has 3 fully saturated rings. The Morgan fingerprint density at radius 3 is 2.75 bits per heavy atom. The number of fused-ring (bicyclic) bond motifs is 1. The summed E-state index contributed by atoms with van der Waals surface area (Å²) in [6.07, 6.45) is 7.80. The maximum atomic E-state index is 12.3. The Bertz CT molecular complexity index is 334. The first-order valence-corrected chi connectivity index (χ1v) is 7.89. The zero-order chi connectivity index (χ0) is 13.2. The Balaban J connectivity index is 0.00000147. The van der Waals surface area contributed by atoms with Gasteiger partial charge in [-0.3, -0.25) is 4.79 Å². The SMILES string of the molecule is Cl.NC1CCCC2CN(C(=O)CCC3CCCO3)CC12. The second-order valence-corrected chi connectivity index (χ2v) is 6.49. The van der Waals surface area contributed by atoms with E-state index in [1.165, 1.54) is 12.8 Å². The number of hydrogen-bond acceptors (Lipinski definition) is 3. The lowest BCUT2D eigenvalue weighted by molar-refractivity contribution is -0.131. The maximum absolute atomic E-state index is 12.3. The molecule has 3 aliphatic rings. The fourth-order valence-electron chi connectivity index (χ4n) is 4.03. The lowest BCUT2D eigenvalue weighted by Crippen LogP contribution is -2.38. The number of likely N-dealkylation sites (tertiary alicyclic amines) is 1. The largest absolute Gasteiger partial charge is 0.378 e. The molecule has 116 valence electrons. The summed E-state index contributed by atoms with van der Waals surface area (Å²) in [4.78, 5) is 14.3. The lowest BCUT2D eigenvalue weighted by Gasteiger charge is -2.29. The van der Waals surface area contributed by atoms with Crippen LogP contribution in [0.25, 0.3) is 0 Å². The standard InChI is InChI=1S/C15H26N2O2.ClH/c16-14-5-1-3-11-9-17(10-13(11)14)15(18)7-6-12-4-2-8-19-12;/h11-14H,1-10,16H2;1H. The van der Waals surface area contributed by atoms with E-state index in [0.717, 1.165) is 45.4 Å². The zero-order valence-corrected chi connectivity index (χ0v) is 12.9. The van der Waals surface area contributed by atoms with Gasteiger partial charge in [0.05, 0.1) is 6.10 Å². The van der Waals surface area contributed by atoms with Crippen LogP contribution in [0.5, 0.6) is 0 Å². The molecule has 1 amide bonds. The van der Waals surface area contributed by atoms with Gasteiger partial charge in [0.1, 0.15) is 0 Å². The third-order valence-electron chi connectivity index (χ3n) is 5.21. The summed E-state index contributed by atoms with van der Waals surface area (Å²) in [5.41, 5.74) is 6.20. The number of hydrogen-bond donors (Lipinski definition) is 1. The van der Waals surface area contributed by atoms with Gasteiger partial charge in [-0.05, 0) is 43.9 Å². The van der Waals surface area contributed by atoms with Crippen LogP contribution in [0.4, 0.5) is 0 Å². The van der Waals surface area contributed by atoms with Crippen molar-refractivity contribution < 1.29 is 9.53 Å². The Morgan fingerprint density at radius 1 is 1.20 bits per heavy atom. The molecule has 1 saturated carbocycles. The smallest absolute Gasteiger partial charge is 0.222 e. The van der Waals surface area contributed by atoms with Crippen LogP contribution >= 0.6 is 12.4 Å². The summed E-state index contributed by atoms with van der Waals surface area (Å²) in [6.45, 7) is 2.72. The number of amides is 1. The molecule has 2 heterocycles. The van der Waals surface area contributed by atoms with Gasteiger partial charge in [-0.1, -0.05) is 6.42 Å². The molecule has 0 radical (unpaired) electrons. The summed E-state index contributed by atoms with van der Waals surface area (Å²) >= 11 is 0. The number of rotatable bonds is 3. The van der Waals surface area contributed by atoms with E-state index >= 15 is 0 Å². The average molecular weight is 303 g/mol. The van der Waals surface area contributed by atoms with Gasteiger partial charge in [-0.15, -0.1) is 12.4 Å². The van der Waals surface area contributed by atoms with Crippen molar-refractivity contribution >= 4 is 18.3 Å². The van der Waals surface area contributed by atoms with Gasteiger partial charge in [0.25, 0.3) is 0 Å². The molecule has 1 aliphatic carbocycles. The molecule has 4 atom stereocenters. The van der Waals surface area contributed by atoms with Gasteiger partial charge in [0.2, 0.25) is 5.91 Å². The molecule has 0 aromatic carbocycles. The van der Waals surface area contributed by atoms with Crippen molar-refractivity contribution in [2.45, 2.75) is 57.1 Å². The van der Waals surface area contributed by atoms with E-state index in [1.54, 1.807) is 0 Å². The van der Waals surface area contributed by atoms with E-state index in [1.807, 2.05) is 0 Å². The molecule has 0 aromatic rings. The van der Waals surface area contributed by atoms with Crippen molar-refractivity contribution in [3.05, 3.63) is 0 Å². The maximum Gasteiger partial charge on any atom is 0.222 e. The first-order valence-electron chi connectivity index (χ1n) is 7.89. The van der Waals surface area contributed by atoms with Crippen LogP contribution in [0.1, 0.15) is 44.9 Å². The number of halogens is 1.